The molecular weight excluding hydrogens is 362 g/mol. The Bertz CT molecular complexity index is 1190. The number of nitrogens with one attached hydrogen (secondary N) is 1. The van der Waals surface area contributed by atoms with Crippen molar-refractivity contribution in [3.63, 3.8) is 0 Å². The molecule has 0 aliphatic rings. The molecule has 0 saturated heterocycles. The molecule has 4 nitrogen and oxygen atoms in total. The van der Waals surface area contributed by atoms with Crippen molar-refractivity contribution in [2.24, 2.45) is 0 Å². The number of aryl methyl sites for hydroxylation is 2. The number of fused-ring (bicyclic) bond motifs is 1. The van der Waals surface area contributed by atoms with E-state index in [1.165, 1.54) is 11.6 Å². The van der Waals surface area contributed by atoms with Crippen LogP contribution in [0.25, 0.3) is 11.0 Å². The molecule has 4 rings (SSSR count). The van der Waals surface area contributed by atoms with Gasteiger partial charge >= 0.3 is 5.63 Å². The molecular formula is C25H23NO3. The molecule has 0 aliphatic heterocycles. The first-order chi connectivity index (χ1) is 14.0. The van der Waals surface area contributed by atoms with Crippen LogP contribution < -0.4 is 10.9 Å². The van der Waals surface area contributed by atoms with Gasteiger partial charge in [-0.15, -0.1) is 0 Å². The van der Waals surface area contributed by atoms with Crippen LogP contribution in [0.2, 0.25) is 0 Å². The zero-order chi connectivity index (χ0) is 20.4. The summed E-state index contributed by atoms with van der Waals surface area (Å²) < 4.78 is 5.36. The van der Waals surface area contributed by atoms with Crippen molar-refractivity contribution in [2.75, 3.05) is 0 Å². The topological polar surface area (TPSA) is 62.5 Å². The smallest absolute Gasteiger partial charge is 0.336 e. The third kappa shape index (κ3) is 3.93. The van der Waals surface area contributed by atoms with Crippen LogP contribution in [0, 0.1) is 13.8 Å². The predicted molar refractivity (Wildman–Crippen MR) is 115 cm³/mol. The Kier molecular flexibility index (Phi) is 5.19. The fourth-order valence-electron chi connectivity index (χ4n) is 3.61. The van der Waals surface area contributed by atoms with E-state index >= 15 is 0 Å². The van der Waals surface area contributed by atoms with E-state index in [0.717, 1.165) is 22.1 Å². The monoisotopic (exact) mass is 385 g/mol. The van der Waals surface area contributed by atoms with Gasteiger partial charge in [0.25, 0.3) is 0 Å². The van der Waals surface area contributed by atoms with E-state index in [9.17, 15) is 9.90 Å². The molecule has 0 unspecified atom stereocenters. The lowest BCUT2D eigenvalue weighted by Gasteiger charge is -2.21. The van der Waals surface area contributed by atoms with Crippen LogP contribution in [0.3, 0.4) is 0 Å². The van der Waals surface area contributed by atoms with Gasteiger partial charge in [-0.3, -0.25) is 0 Å². The maximum Gasteiger partial charge on any atom is 0.336 e. The summed E-state index contributed by atoms with van der Waals surface area (Å²) in [6, 6.07) is 23.6. The van der Waals surface area contributed by atoms with Gasteiger partial charge < -0.3 is 14.8 Å². The molecule has 0 radical (unpaired) electrons. The first-order valence-corrected chi connectivity index (χ1v) is 9.63. The maximum absolute atomic E-state index is 12.1. The van der Waals surface area contributed by atoms with E-state index < -0.39 is 5.63 Å². The Hall–Kier alpha value is -3.37. The minimum Gasteiger partial charge on any atom is -0.508 e. The molecule has 3 aromatic carbocycles. The van der Waals surface area contributed by atoms with Crippen LogP contribution >= 0.6 is 0 Å². The van der Waals surface area contributed by atoms with Crippen molar-refractivity contribution in [1.29, 1.82) is 0 Å². The van der Waals surface area contributed by atoms with E-state index in [1.54, 1.807) is 19.1 Å². The van der Waals surface area contributed by atoms with Crippen molar-refractivity contribution in [3.05, 3.63) is 111 Å². The summed E-state index contributed by atoms with van der Waals surface area (Å²) in [7, 11) is 0. The minimum atomic E-state index is -0.422. The summed E-state index contributed by atoms with van der Waals surface area (Å²) in [6.45, 7) is 4.30. The summed E-state index contributed by atoms with van der Waals surface area (Å²) in [4.78, 5) is 12.1. The highest BCUT2D eigenvalue weighted by Crippen LogP contribution is 2.28. The second kappa shape index (κ2) is 7.94. The number of phenols is 1. The predicted octanol–water partition coefficient (Wildman–Crippen LogP) is 4.99. The van der Waals surface area contributed by atoms with Gasteiger partial charge in [0.1, 0.15) is 11.3 Å². The second-order valence-corrected chi connectivity index (χ2v) is 7.31. The molecule has 4 heteroatoms. The van der Waals surface area contributed by atoms with Crippen LogP contribution in [0.1, 0.15) is 33.9 Å². The van der Waals surface area contributed by atoms with Crippen molar-refractivity contribution in [2.45, 2.75) is 26.4 Å². The summed E-state index contributed by atoms with van der Waals surface area (Å²) in [5, 5.41) is 14.4. The third-order valence-corrected chi connectivity index (χ3v) is 5.26. The second-order valence-electron chi connectivity index (χ2n) is 7.31. The Labute approximate surface area is 169 Å². The SMILES string of the molecule is Cc1ccc([C@@H](NCc2cc(=O)oc3c(C)c(O)ccc23)c2ccccc2)cc1. The molecule has 0 fully saturated rings. The van der Waals surface area contributed by atoms with Gasteiger partial charge in [-0.25, -0.2) is 4.79 Å². The van der Waals surface area contributed by atoms with Crippen LogP contribution in [0.15, 0.2) is 82.0 Å². The van der Waals surface area contributed by atoms with Gasteiger partial charge in [0.2, 0.25) is 0 Å². The molecule has 0 bridgehead atoms. The van der Waals surface area contributed by atoms with Crippen LogP contribution in [-0.2, 0) is 6.54 Å². The fourth-order valence-corrected chi connectivity index (χ4v) is 3.61. The average Bonchev–Trinajstić information content (AvgIpc) is 2.73. The normalized spacial score (nSPS) is 12.2. The molecule has 0 saturated carbocycles. The zero-order valence-electron chi connectivity index (χ0n) is 16.5. The maximum atomic E-state index is 12.1. The highest BCUT2D eigenvalue weighted by Gasteiger charge is 2.16. The molecule has 29 heavy (non-hydrogen) atoms. The number of aromatic hydroxyl groups is 1. The quantitative estimate of drug-likeness (QED) is 0.475. The fraction of sp³-hybridized carbons (Fsp3) is 0.160. The van der Waals surface area contributed by atoms with Gasteiger partial charge in [0, 0.05) is 23.6 Å². The van der Waals surface area contributed by atoms with E-state index in [4.69, 9.17) is 4.42 Å². The van der Waals surface area contributed by atoms with Gasteiger partial charge in [0.05, 0.1) is 6.04 Å². The zero-order valence-corrected chi connectivity index (χ0v) is 16.5. The van der Waals surface area contributed by atoms with E-state index in [1.807, 2.05) is 18.2 Å². The number of hydrogen-bond acceptors (Lipinski definition) is 4. The largest absolute Gasteiger partial charge is 0.508 e. The molecule has 1 aromatic heterocycles. The number of phenolic OH excluding ortho intramolecular Hbond substituents is 1. The van der Waals surface area contributed by atoms with Gasteiger partial charge in [-0.1, -0.05) is 60.2 Å². The molecule has 1 heterocycles. The van der Waals surface area contributed by atoms with Crippen LogP contribution in [0.4, 0.5) is 0 Å². The number of benzene rings is 3. The van der Waals surface area contributed by atoms with E-state index in [0.29, 0.717) is 17.7 Å². The number of hydrogen-bond donors (Lipinski definition) is 2. The van der Waals surface area contributed by atoms with Gasteiger partial charge in [0.15, 0.2) is 0 Å². The van der Waals surface area contributed by atoms with E-state index in [-0.39, 0.29) is 11.8 Å². The Morgan fingerprint density at radius 1 is 0.931 bits per heavy atom. The van der Waals surface area contributed by atoms with Crippen molar-refractivity contribution in [3.8, 4) is 5.75 Å². The molecule has 0 aliphatic carbocycles. The molecule has 2 N–H and O–H groups in total. The number of rotatable bonds is 5. The van der Waals surface area contributed by atoms with Gasteiger partial charge in [-0.2, -0.15) is 0 Å². The Balaban J connectivity index is 1.72. The molecule has 0 spiro atoms. The lowest BCUT2D eigenvalue weighted by Crippen LogP contribution is -2.22. The minimum absolute atomic E-state index is 0.0164. The third-order valence-electron chi connectivity index (χ3n) is 5.26. The average molecular weight is 385 g/mol. The van der Waals surface area contributed by atoms with Gasteiger partial charge in [-0.05, 0) is 42.7 Å². The lowest BCUT2D eigenvalue weighted by atomic mass is 9.97. The first kappa shape index (κ1) is 19.0. The molecule has 0 amide bonds. The van der Waals surface area contributed by atoms with Crippen molar-refractivity contribution in [1.82, 2.24) is 5.32 Å². The van der Waals surface area contributed by atoms with Crippen LogP contribution in [-0.4, -0.2) is 5.11 Å². The van der Waals surface area contributed by atoms with E-state index in [2.05, 4.69) is 48.6 Å². The molecule has 4 aromatic rings. The molecule has 146 valence electrons. The Morgan fingerprint density at radius 2 is 1.62 bits per heavy atom. The summed E-state index contributed by atoms with van der Waals surface area (Å²) in [5.74, 6) is 0.118. The molecule has 1 atom stereocenters. The van der Waals surface area contributed by atoms with Crippen molar-refractivity contribution >= 4 is 11.0 Å². The highest BCUT2D eigenvalue weighted by atomic mass is 16.4. The summed E-state index contributed by atoms with van der Waals surface area (Å²) >= 11 is 0. The Morgan fingerprint density at radius 3 is 2.34 bits per heavy atom. The summed E-state index contributed by atoms with van der Waals surface area (Å²) in [5.41, 5.74) is 4.94. The lowest BCUT2D eigenvalue weighted by molar-refractivity contribution is 0.468. The first-order valence-electron chi connectivity index (χ1n) is 9.63. The standard InChI is InChI=1S/C25H23NO3/c1-16-8-10-19(11-9-16)24(18-6-4-3-5-7-18)26-15-20-14-23(28)29-25-17(2)22(27)13-12-21(20)25/h3-14,24,26-27H,15H2,1-2H3/t24-/m0/s1. The van der Waals surface area contributed by atoms with Crippen LogP contribution in [0.5, 0.6) is 5.75 Å². The van der Waals surface area contributed by atoms with Crippen molar-refractivity contribution < 1.29 is 9.52 Å². The summed E-state index contributed by atoms with van der Waals surface area (Å²) in [6.07, 6.45) is 0. The highest BCUT2D eigenvalue weighted by molar-refractivity contribution is 5.84.